The van der Waals surface area contributed by atoms with Gasteiger partial charge in [-0.3, -0.25) is 4.79 Å². The number of carbonyl (C=O) groups excluding carboxylic acids is 1. The zero-order valence-corrected chi connectivity index (χ0v) is 8.51. The molecule has 0 aliphatic heterocycles. The lowest BCUT2D eigenvalue weighted by Gasteiger charge is -2.21. The van der Waals surface area contributed by atoms with Crippen LogP contribution in [0.25, 0.3) is 0 Å². The molecule has 1 amide bonds. The largest absolute Gasteiger partial charge is 0.409 e. The Kier molecular flexibility index (Phi) is 3.82. The van der Waals surface area contributed by atoms with Crippen molar-refractivity contribution in [2.24, 2.45) is 5.92 Å². The number of halogens is 6. The van der Waals surface area contributed by atoms with E-state index in [0.29, 0.717) is 0 Å². The number of pyridine rings is 1. The predicted molar refractivity (Wildman–Crippen MR) is 48.5 cm³/mol. The fraction of sp³-hybridized carbons (Fsp3) is 0.333. The van der Waals surface area contributed by atoms with E-state index in [1.54, 1.807) is 0 Å². The molecule has 0 aromatic carbocycles. The van der Waals surface area contributed by atoms with Crippen LogP contribution in [-0.2, 0) is 4.79 Å². The monoisotopic (exact) mass is 272 g/mol. The van der Waals surface area contributed by atoms with Crippen LogP contribution in [0.15, 0.2) is 24.4 Å². The van der Waals surface area contributed by atoms with E-state index in [4.69, 9.17) is 0 Å². The summed E-state index contributed by atoms with van der Waals surface area (Å²) in [6, 6.07) is 3.77. The summed E-state index contributed by atoms with van der Waals surface area (Å²) < 4.78 is 73.0. The van der Waals surface area contributed by atoms with E-state index in [0.717, 1.165) is 12.3 Å². The molecule has 0 spiro atoms. The van der Waals surface area contributed by atoms with Gasteiger partial charge in [0.2, 0.25) is 11.8 Å². The van der Waals surface area contributed by atoms with Gasteiger partial charge < -0.3 is 5.32 Å². The number of carbonyl (C=O) groups is 1. The quantitative estimate of drug-likeness (QED) is 0.841. The normalized spacial score (nSPS) is 12.6. The summed E-state index contributed by atoms with van der Waals surface area (Å²) in [4.78, 5) is 14.4. The Bertz CT molecular complexity index is 399. The molecule has 1 aromatic heterocycles. The lowest BCUT2D eigenvalue weighted by Crippen LogP contribution is -2.45. The van der Waals surface area contributed by atoms with Crippen molar-refractivity contribution in [2.75, 3.05) is 5.32 Å². The van der Waals surface area contributed by atoms with Crippen molar-refractivity contribution in [1.29, 1.82) is 0 Å². The topological polar surface area (TPSA) is 42.0 Å². The van der Waals surface area contributed by atoms with E-state index >= 15 is 0 Å². The molecule has 0 radical (unpaired) electrons. The third-order valence-electron chi connectivity index (χ3n) is 1.83. The fourth-order valence-corrected chi connectivity index (χ4v) is 1.12. The van der Waals surface area contributed by atoms with Crippen molar-refractivity contribution < 1.29 is 31.1 Å². The first-order valence-electron chi connectivity index (χ1n) is 4.47. The van der Waals surface area contributed by atoms with Crippen molar-refractivity contribution >= 4 is 11.7 Å². The van der Waals surface area contributed by atoms with E-state index in [1.165, 1.54) is 17.4 Å². The number of anilines is 1. The zero-order chi connectivity index (χ0) is 14.0. The molecular weight excluding hydrogens is 266 g/mol. The Morgan fingerprint density at radius 2 is 1.67 bits per heavy atom. The fourth-order valence-electron chi connectivity index (χ4n) is 1.12. The van der Waals surface area contributed by atoms with Crippen LogP contribution < -0.4 is 5.32 Å². The van der Waals surface area contributed by atoms with Gasteiger partial charge in [-0.15, -0.1) is 0 Å². The number of nitrogens with zero attached hydrogens (tertiary/aromatic N) is 1. The van der Waals surface area contributed by atoms with E-state index in [2.05, 4.69) is 4.98 Å². The highest BCUT2D eigenvalue weighted by molar-refractivity contribution is 5.92. The SMILES string of the molecule is O=C(Nc1ccccn1)C(C(F)(F)F)C(F)(F)F. The van der Waals surface area contributed by atoms with Gasteiger partial charge in [0.25, 0.3) is 0 Å². The van der Waals surface area contributed by atoms with Gasteiger partial charge in [0.15, 0.2) is 0 Å². The number of hydrogen-bond acceptors (Lipinski definition) is 2. The molecule has 0 saturated heterocycles. The van der Waals surface area contributed by atoms with Crippen LogP contribution in [0.4, 0.5) is 32.2 Å². The van der Waals surface area contributed by atoms with Gasteiger partial charge in [0, 0.05) is 6.20 Å². The highest BCUT2D eigenvalue weighted by atomic mass is 19.4. The molecule has 18 heavy (non-hydrogen) atoms. The van der Waals surface area contributed by atoms with Crippen molar-refractivity contribution in [2.45, 2.75) is 12.4 Å². The third kappa shape index (κ3) is 3.60. The van der Waals surface area contributed by atoms with Gasteiger partial charge in [-0.2, -0.15) is 26.3 Å². The van der Waals surface area contributed by atoms with E-state index in [-0.39, 0.29) is 5.82 Å². The Hall–Kier alpha value is -1.80. The molecule has 0 atom stereocenters. The molecule has 9 heteroatoms. The van der Waals surface area contributed by atoms with Gasteiger partial charge >= 0.3 is 12.4 Å². The highest BCUT2D eigenvalue weighted by Gasteiger charge is 2.61. The van der Waals surface area contributed by atoms with E-state index in [9.17, 15) is 31.1 Å². The standard InChI is InChI=1S/C9H6F6N2O/c10-8(11,12)6(9(13,14)15)7(18)17-5-3-1-2-4-16-5/h1-4,6H,(H,16,17,18). The Morgan fingerprint density at radius 1 is 1.11 bits per heavy atom. The maximum atomic E-state index is 12.2. The minimum atomic E-state index is -5.71. The molecule has 0 saturated carbocycles. The predicted octanol–water partition coefficient (Wildman–Crippen LogP) is 2.76. The summed E-state index contributed by atoms with van der Waals surface area (Å²) in [6.07, 6.45) is -10.3. The van der Waals surface area contributed by atoms with Crippen molar-refractivity contribution in [3.8, 4) is 0 Å². The van der Waals surface area contributed by atoms with Gasteiger partial charge in [-0.25, -0.2) is 4.98 Å². The van der Waals surface area contributed by atoms with Gasteiger partial charge in [0.05, 0.1) is 0 Å². The second-order valence-corrected chi connectivity index (χ2v) is 3.22. The molecule has 0 aliphatic carbocycles. The number of hydrogen-bond donors (Lipinski definition) is 1. The number of nitrogens with one attached hydrogen (secondary N) is 1. The summed E-state index contributed by atoms with van der Waals surface area (Å²) in [5.74, 6) is -6.68. The minimum Gasteiger partial charge on any atom is -0.310 e. The average molecular weight is 272 g/mol. The molecule has 0 unspecified atom stereocenters. The highest BCUT2D eigenvalue weighted by Crippen LogP contribution is 2.39. The Balaban J connectivity index is 2.92. The number of amides is 1. The summed E-state index contributed by atoms with van der Waals surface area (Å²) in [7, 11) is 0. The van der Waals surface area contributed by atoms with Gasteiger partial charge in [-0.05, 0) is 12.1 Å². The lowest BCUT2D eigenvalue weighted by atomic mass is 10.1. The summed E-state index contributed by atoms with van der Waals surface area (Å²) in [5, 5.41) is 1.47. The second kappa shape index (κ2) is 4.83. The average Bonchev–Trinajstić information content (AvgIpc) is 2.13. The number of rotatable bonds is 2. The Labute approximate surface area is 96.8 Å². The first-order valence-corrected chi connectivity index (χ1v) is 4.47. The zero-order valence-electron chi connectivity index (χ0n) is 8.51. The molecule has 1 heterocycles. The summed E-state index contributed by atoms with van der Waals surface area (Å²) in [5.41, 5.74) is 0. The van der Waals surface area contributed by atoms with Crippen LogP contribution in [-0.4, -0.2) is 23.2 Å². The molecule has 0 aliphatic rings. The smallest absolute Gasteiger partial charge is 0.310 e. The van der Waals surface area contributed by atoms with Crippen LogP contribution in [0.5, 0.6) is 0 Å². The molecule has 1 N–H and O–H groups in total. The molecule has 3 nitrogen and oxygen atoms in total. The molecule has 0 fully saturated rings. The van der Waals surface area contributed by atoms with Gasteiger partial charge in [-0.1, -0.05) is 6.07 Å². The Morgan fingerprint density at radius 3 is 2.06 bits per heavy atom. The first-order chi connectivity index (χ1) is 8.12. The molecule has 1 aromatic rings. The lowest BCUT2D eigenvalue weighted by molar-refractivity contribution is -0.272. The third-order valence-corrected chi connectivity index (χ3v) is 1.83. The van der Waals surface area contributed by atoms with Crippen LogP contribution in [0.1, 0.15) is 0 Å². The minimum absolute atomic E-state index is 0.388. The summed E-state index contributed by atoms with van der Waals surface area (Å²) in [6.45, 7) is 0. The van der Waals surface area contributed by atoms with Crippen LogP contribution in [0, 0.1) is 5.92 Å². The van der Waals surface area contributed by atoms with Crippen LogP contribution in [0.2, 0.25) is 0 Å². The molecular formula is C9H6F6N2O. The van der Waals surface area contributed by atoms with Crippen molar-refractivity contribution in [3.05, 3.63) is 24.4 Å². The van der Waals surface area contributed by atoms with Crippen LogP contribution >= 0.6 is 0 Å². The second-order valence-electron chi connectivity index (χ2n) is 3.22. The number of aromatic nitrogens is 1. The molecule has 1 rings (SSSR count). The molecule has 0 bridgehead atoms. The van der Waals surface area contributed by atoms with Crippen molar-refractivity contribution in [1.82, 2.24) is 4.98 Å². The van der Waals surface area contributed by atoms with Crippen LogP contribution in [0.3, 0.4) is 0 Å². The van der Waals surface area contributed by atoms with E-state index in [1.807, 2.05) is 0 Å². The maximum Gasteiger partial charge on any atom is 0.409 e. The van der Waals surface area contributed by atoms with Gasteiger partial charge in [0.1, 0.15) is 5.82 Å². The number of alkyl halides is 6. The molecule has 100 valence electrons. The van der Waals surface area contributed by atoms with E-state index < -0.39 is 24.2 Å². The summed E-state index contributed by atoms with van der Waals surface area (Å²) >= 11 is 0. The maximum absolute atomic E-state index is 12.2. The first kappa shape index (κ1) is 14.3. The van der Waals surface area contributed by atoms with Crippen molar-refractivity contribution in [3.63, 3.8) is 0 Å².